The van der Waals surface area contributed by atoms with Crippen LogP contribution in [0.5, 0.6) is 17.2 Å². The van der Waals surface area contributed by atoms with Crippen molar-refractivity contribution >= 4 is 17.6 Å². The quantitative estimate of drug-likeness (QED) is 0.605. The average Bonchev–Trinajstić information content (AvgIpc) is 3.11. The summed E-state index contributed by atoms with van der Waals surface area (Å²) in [6, 6.07) is 13.7. The second-order valence-electron chi connectivity index (χ2n) is 7.96. The maximum Gasteiger partial charge on any atom is 0.257 e. The van der Waals surface area contributed by atoms with Crippen molar-refractivity contribution < 1.29 is 19.1 Å². The molecule has 0 unspecified atom stereocenters. The van der Waals surface area contributed by atoms with Gasteiger partial charge >= 0.3 is 0 Å². The van der Waals surface area contributed by atoms with Crippen molar-refractivity contribution in [3.05, 3.63) is 65.9 Å². The number of hydrogen-bond acceptors (Lipinski definition) is 5. The molecule has 0 saturated carbocycles. The third-order valence-corrected chi connectivity index (χ3v) is 4.95. The minimum Gasteiger partial charge on any atom is -0.491 e. The van der Waals surface area contributed by atoms with Crippen molar-refractivity contribution in [1.29, 1.82) is 0 Å². The van der Waals surface area contributed by atoms with Crippen molar-refractivity contribution in [2.24, 2.45) is 7.05 Å². The molecule has 8 heteroatoms. The first kappa shape index (κ1) is 21.4. The van der Waals surface area contributed by atoms with Crippen LogP contribution in [0.1, 0.15) is 41.0 Å². The number of aromatic nitrogens is 2. The molecule has 0 radical (unpaired) electrons. The molecular weight excluding hydrogens is 408 g/mol. The molecule has 1 fully saturated rings. The van der Waals surface area contributed by atoms with Gasteiger partial charge in [-0.2, -0.15) is 5.10 Å². The second-order valence-corrected chi connectivity index (χ2v) is 7.96. The molecule has 0 aliphatic carbocycles. The van der Waals surface area contributed by atoms with Gasteiger partial charge in [-0.15, -0.1) is 0 Å². The van der Waals surface area contributed by atoms with E-state index in [4.69, 9.17) is 9.47 Å². The van der Waals surface area contributed by atoms with Gasteiger partial charge in [0.1, 0.15) is 17.2 Å². The van der Waals surface area contributed by atoms with Crippen molar-refractivity contribution in [2.75, 3.05) is 18.4 Å². The highest BCUT2D eigenvalue weighted by Crippen LogP contribution is 2.29. The summed E-state index contributed by atoms with van der Waals surface area (Å²) >= 11 is 0. The van der Waals surface area contributed by atoms with E-state index >= 15 is 0 Å². The zero-order chi connectivity index (χ0) is 22.7. The Kier molecular flexibility index (Phi) is 6.11. The van der Waals surface area contributed by atoms with Crippen molar-refractivity contribution in [2.45, 2.75) is 26.4 Å². The van der Waals surface area contributed by atoms with E-state index in [-0.39, 0.29) is 17.9 Å². The largest absolute Gasteiger partial charge is 0.491 e. The third-order valence-electron chi connectivity index (χ3n) is 4.95. The van der Waals surface area contributed by atoms with Gasteiger partial charge in [-0.1, -0.05) is 0 Å². The number of rotatable bonds is 7. The Morgan fingerprint density at radius 1 is 0.969 bits per heavy atom. The number of nitrogens with zero attached hydrogens (tertiary/aromatic N) is 3. The Morgan fingerprint density at radius 3 is 2.28 bits per heavy atom. The minimum absolute atomic E-state index is 0.0311. The van der Waals surface area contributed by atoms with Crippen LogP contribution >= 0.6 is 0 Å². The lowest BCUT2D eigenvalue weighted by molar-refractivity contribution is 0.0651. The van der Waals surface area contributed by atoms with Crippen LogP contribution in [0, 0.1) is 0 Å². The van der Waals surface area contributed by atoms with Gasteiger partial charge in [0.2, 0.25) is 0 Å². The Balaban J connectivity index is 1.53. The van der Waals surface area contributed by atoms with E-state index in [1.807, 2.05) is 18.7 Å². The van der Waals surface area contributed by atoms with Crippen LogP contribution in [-0.4, -0.2) is 45.7 Å². The minimum atomic E-state index is -0.321. The zero-order valence-corrected chi connectivity index (χ0v) is 18.4. The zero-order valence-electron chi connectivity index (χ0n) is 18.4. The topological polar surface area (TPSA) is 85.7 Å². The predicted molar refractivity (Wildman–Crippen MR) is 120 cm³/mol. The first-order valence-electron chi connectivity index (χ1n) is 10.6. The fraction of sp³-hybridized carbons (Fsp3) is 0.292. The fourth-order valence-corrected chi connectivity index (χ4v) is 3.28. The number of amides is 2. The number of aryl methyl sites for hydroxylation is 1. The van der Waals surface area contributed by atoms with E-state index in [1.165, 1.54) is 0 Å². The first-order valence-corrected chi connectivity index (χ1v) is 10.6. The summed E-state index contributed by atoms with van der Waals surface area (Å²) in [7, 11) is 1.78. The van der Waals surface area contributed by atoms with Crippen molar-refractivity contribution in [3.63, 3.8) is 0 Å². The molecule has 1 N–H and O–H groups in total. The number of anilines is 1. The maximum atomic E-state index is 12.8. The molecule has 1 aromatic heterocycles. The fourth-order valence-electron chi connectivity index (χ4n) is 3.28. The van der Waals surface area contributed by atoms with Crippen LogP contribution < -0.4 is 14.8 Å². The highest BCUT2D eigenvalue weighted by Gasteiger charge is 2.21. The summed E-state index contributed by atoms with van der Waals surface area (Å²) in [5.41, 5.74) is 1.01. The molecule has 1 saturated heterocycles. The number of likely N-dealkylation sites (tertiary alicyclic amines) is 1. The smallest absolute Gasteiger partial charge is 0.257 e. The monoisotopic (exact) mass is 434 g/mol. The summed E-state index contributed by atoms with van der Waals surface area (Å²) in [6.07, 6.45) is 2.74. The van der Waals surface area contributed by atoms with E-state index in [9.17, 15) is 9.59 Å². The van der Waals surface area contributed by atoms with Crippen LogP contribution in [0.25, 0.3) is 0 Å². The summed E-state index contributed by atoms with van der Waals surface area (Å²) in [5, 5.41) is 6.94. The molecule has 0 bridgehead atoms. The molecule has 4 rings (SSSR count). The third kappa shape index (κ3) is 5.08. The van der Waals surface area contributed by atoms with Crippen LogP contribution in [0.3, 0.4) is 0 Å². The van der Waals surface area contributed by atoms with Crippen molar-refractivity contribution in [3.8, 4) is 17.2 Å². The maximum absolute atomic E-state index is 12.8. The molecule has 1 aliphatic rings. The van der Waals surface area contributed by atoms with E-state index in [0.29, 0.717) is 34.2 Å². The van der Waals surface area contributed by atoms with Gasteiger partial charge in [-0.25, -0.2) is 0 Å². The van der Waals surface area contributed by atoms with Gasteiger partial charge in [0, 0.05) is 49.6 Å². The van der Waals surface area contributed by atoms with E-state index in [2.05, 4.69) is 10.4 Å². The number of carbonyl (C=O) groups is 2. The second kappa shape index (κ2) is 9.13. The molecule has 3 aromatic rings. The van der Waals surface area contributed by atoms with E-state index in [0.717, 1.165) is 19.5 Å². The molecule has 32 heavy (non-hydrogen) atoms. The van der Waals surface area contributed by atoms with Gasteiger partial charge in [0.15, 0.2) is 5.82 Å². The Bertz CT molecular complexity index is 1120. The Hall–Kier alpha value is -3.81. The van der Waals surface area contributed by atoms with Gasteiger partial charge in [-0.05, 0) is 56.7 Å². The van der Waals surface area contributed by atoms with Crippen LogP contribution in [0.2, 0.25) is 0 Å². The summed E-state index contributed by atoms with van der Waals surface area (Å²) in [5.74, 6) is 1.70. The normalized spacial score (nSPS) is 12.9. The highest BCUT2D eigenvalue weighted by atomic mass is 16.5. The van der Waals surface area contributed by atoms with Gasteiger partial charge in [-0.3, -0.25) is 14.3 Å². The first-order chi connectivity index (χ1) is 15.4. The molecule has 8 nitrogen and oxygen atoms in total. The highest BCUT2D eigenvalue weighted by molar-refractivity contribution is 6.04. The number of benzene rings is 2. The molecule has 166 valence electrons. The van der Waals surface area contributed by atoms with Crippen LogP contribution in [0.15, 0.2) is 54.7 Å². The summed E-state index contributed by atoms with van der Waals surface area (Å²) in [4.78, 5) is 26.9. The molecule has 0 atom stereocenters. The molecule has 2 amide bonds. The van der Waals surface area contributed by atoms with E-state index < -0.39 is 0 Å². The number of hydrogen-bond donors (Lipinski definition) is 1. The van der Waals surface area contributed by atoms with Crippen LogP contribution in [-0.2, 0) is 7.05 Å². The summed E-state index contributed by atoms with van der Waals surface area (Å²) < 4.78 is 13.4. The SMILES string of the molecule is CC(C)Oc1cc(Oc2ccc(C(=O)N3CCC3)cc2)cc(C(=O)Nc2ccn(C)n2)c1. The van der Waals surface area contributed by atoms with Gasteiger partial charge in [0.25, 0.3) is 11.8 Å². The van der Waals surface area contributed by atoms with E-state index in [1.54, 1.807) is 66.5 Å². The lowest BCUT2D eigenvalue weighted by Crippen LogP contribution is -2.41. The standard InChI is InChI=1S/C24H26N4O4/c1-16(2)31-20-13-18(23(29)25-22-9-12-27(3)26-22)14-21(15-20)32-19-7-5-17(6-8-19)24(30)28-10-4-11-28/h5-9,12-16H,4,10-11H2,1-3H3,(H,25,26,29). The summed E-state index contributed by atoms with van der Waals surface area (Å²) in [6.45, 7) is 5.44. The van der Waals surface area contributed by atoms with Crippen LogP contribution in [0.4, 0.5) is 5.82 Å². The Labute approximate surface area is 186 Å². The lowest BCUT2D eigenvalue weighted by Gasteiger charge is -2.30. The number of ether oxygens (including phenoxy) is 2. The number of nitrogens with one attached hydrogen (secondary N) is 1. The predicted octanol–water partition coefficient (Wildman–Crippen LogP) is 4.10. The lowest BCUT2D eigenvalue weighted by atomic mass is 10.1. The van der Waals surface area contributed by atoms with Gasteiger partial charge < -0.3 is 19.7 Å². The van der Waals surface area contributed by atoms with Crippen molar-refractivity contribution in [1.82, 2.24) is 14.7 Å². The Morgan fingerprint density at radius 2 is 1.69 bits per heavy atom. The number of carbonyl (C=O) groups excluding carboxylic acids is 2. The molecule has 1 aliphatic heterocycles. The van der Waals surface area contributed by atoms with Gasteiger partial charge in [0.05, 0.1) is 6.10 Å². The molecule has 2 heterocycles. The molecule has 2 aromatic carbocycles. The average molecular weight is 434 g/mol. The molecule has 0 spiro atoms. The molecular formula is C24H26N4O4.